The maximum Gasteiger partial charge on any atom is 0.271 e. The summed E-state index contributed by atoms with van der Waals surface area (Å²) in [6.45, 7) is 1.59. The van der Waals surface area contributed by atoms with Crippen molar-refractivity contribution < 1.29 is 4.39 Å². The van der Waals surface area contributed by atoms with Crippen LogP contribution in [0.5, 0.6) is 0 Å². The van der Waals surface area contributed by atoms with Crippen LogP contribution in [0.15, 0.2) is 59.5 Å². The third kappa shape index (κ3) is 5.21. The second-order valence-electron chi connectivity index (χ2n) is 6.06. The molecule has 140 valence electrons. The summed E-state index contributed by atoms with van der Waals surface area (Å²) in [6, 6.07) is 14.1. The molecule has 0 unspecified atom stereocenters. The van der Waals surface area contributed by atoms with Gasteiger partial charge < -0.3 is 4.90 Å². The molecular weight excluding hydrogens is 376 g/mol. The summed E-state index contributed by atoms with van der Waals surface area (Å²) in [4.78, 5) is 14.2. The zero-order chi connectivity index (χ0) is 17.1. The van der Waals surface area contributed by atoms with Crippen molar-refractivity contribution in [1.29, 1.82) is 0 Å². The van der Waals surface area contributed by atoms with Crippen molar-refractivity contribution in [1.82, 2.24) is 14.7 Å². The van der Waals surface area contributed by atoms with Gasteiger partial charge in [0.15, 0.2) is 0 Å². The molecule has 3 aromatic rings. The lowest BCUT2D eigenvalue weighted by Gasteiger charge is -2.09. The van der Waals surface area contributed by atoms with Crippen molar-refractivity contribution in [3.8, 4) is 22.3 Å². The molecule has 0 spiro atoms. The topological polar surface area (TPSA) is 41.0 Å². The van der Waals surface area contributed by atoms with Crippen molar-refractivity contribution in [2.45, 2.75) is 6.54 Å². The summed E-state index contributed by atoms with van der Waals surface area (Å²) in [5, 5.41) is 2.84. The monoisotopic (exact) mass is 397 g/mol. The van der Waals surface area contributed by atoms with E-state index in [1.807, 2.05) is 49.2 Å². The Morgan fingerprint density at radius 3 is 1.96 bits per heavy atom. The summed E-state index contributed by atoms with van der Waals surface area (Å²) in [5.74, 6) is -0.249. The zero-order valence-corrected chi connectivity index (χ0v) is 16.2. The van der Waals surface area contributed by atoms with E-state index in [4.69, 9.17) is 0 Å². The minimum absolute atomic E-state index is 0. The molecule has 0 amide bonds. The first kappa shape index (κ1) is 22.0. The van der Waals surface area contributed by atoms with Gasteiger partial charge in [-0.15, -0.1) is 24.8 Å². The fraction of sp³-hybridized carbons (Fsp3) is 0.211. The molecule has 1 N–H and O–H groups in total. The van der Waals surface area contributed by atoms with E-state index in [1.165, 1.54) is 12.1 Å². The van der Waals surface area contributed by atoms with E-state index in [0.29, 0.717) is 5.56 Å². The maximum absolute atomic E-state index is 13.0. The summed E-state index contributed by atoms with van der Waals surface area (Å²) in [7, 11) is 3.99. The molecular formula is C19H22Cl2FN3O. The Hall–Kier alpha value is -2.08. The smallest absolute Gasteiger partial charge is 0.271 e. The van der Waals surface area contributed by atoms with E-state index < -0.39 is 0 Å². The van der Waals surface area contributed by atoms with Crippen LogP contribution in [0.4, 0.5) is 4.39 Å². The van der Waals surface area contributed by atoms with Gasteiger partial charge in [-0.25, -0.2) is 4.39 Å². The van der Waals surface area contributed by atoms with E-state index in [1.54, 1.807) is 12.1 Å². The molecule has 0 atom stereocenters. The first-order chi connectivity index (χ1) is 11.5. The van der Waals surface area contributed by atoms with Gasteiger partial charge in [0.1, 0.15) is 5.82 Å². The van der Waals surface area contributed by atoms with Crippen LogP contribution in [0.2, 0.25) is 0 Å². The van der Waals surface area contributed by atoms with Gasteiger partial charge >= 0.3 is 0 Å². The van der Waals surface area contributed by atoms with Gasteiger partial charge in [0.2, 0.25) is 0 Å². The van der Waals surface area contributed by atoms with Gasteiger partial charge in [0.05, 0.1) is 12.1 Å². The largest absolute Gasteiger partial charge is 0.308 e. The van der Waals surface area contributed by atoms with E-state index in [2.05, 4.69) is 10.00 Å². The normalized spacial score (nSPS) is 10.3. The van der Waals surface area contributed by atoms with Crippen molar-refractivity contribution in [3.05, 3.63) is 70.9 Å². The molecule has 7 heteroatoms. The number of nitrogens with one attached hydrogen (secondary N) is 1. The summed E-state index contributed by atoms with van der Waals surface area (Å²) in [5.41, 5.74) is 3.36. The minimum Gasteiger partial charge on any atom is -0.308 e. The first-order valence-corrected chi connectivity index (χ1v) is 7.83. The van der Waals surface area contributed by atoms with Gasteiger partial charge in [0, 0.05) is 12.7 Å². The Labute approximate surface area is 164 Å². The van der Waals surface area contributed by atoms with Gasteiger partial charge in [0.25, 0.3) is 5.56 Å². The number of hydrogen-bond acceptors (Lipinski definition) is 2. The quantitative estimate of drug-likeness (QED) is 0.705. The molecule has 0 bridgehead atoms. The Bertz CT molecular complexity index is 871. The van der Waals surface area contributed by atoms with Crippen LogP contribution in [0.25, 0.3) is 22.3 Å². The molecule has 1 aromatic heterocycles. The molecule has 4 nitrogen and oxygen atoms in total. The highest BCUT2D eigenvalue weighted by molar-refractivity contribution is 5.85. The predicted molar refractivity (Wildman–Crippen MR) is 109 cm³/mol. The second kappa shape index (κ2) is 9.57. The molecule has 1 heterocycles. The first-order valence-electron chi connectivity index (χ1n) is 7.83. The van der Waals surface area contributed by atoms with Crippen LogP contribution >= 0.6 is 24.8 Å². The number of hydrogen-bond donors (Lipinski definition) is 1. The van der Waals surface area contributed by atoms with E-state index >= 15 is 0 Å². The van der Waals surface area contributed by atoms with Gasteiger partial charge in [-0.1, -0.05) is 36.4 Å². The number of likely N-dealkylation sites (N-methyl/N-ethyl adjacent to an activating group) is 1. The molecule has 0 saturated carbocycles. The molecule has 0 radical (unpaired) electrons. The third-order valence-electron chi connectivity index (χ3n) is 3.94. The van der Waals surface area contributed by atoms with E-state index in [0.717, 1.165) is 29.8 Å². The molecule has 0 aliphatic rings. The number of aromatic amines is 1. The van der Waals surface area contributed by atoms with Crippen molar-refractivity contribution in [2.24, 2.45) is 0 Å². The predicted octanol–water partition coefficient (Wildman–Crippen LogP) is 4.05. The average Bonchev–Trinajstić information content (AvgIpc) is 2.95. The van der Waals surface area contributed by atoms with Crippen LogP contribution in [0.3, 0.4) is 0 Å². The van der Waals surface area contributed by atoms with Crippen LogP contribution in [0.1, 0.15) is 0 Å². The number of rotatable bonds is 5. The number of halogens is 3. The van der Waals surface area contributed by atoms with Gasteiger partial charge in [-0.2, -0.15) is 0 Å². The zero-order valence-electron chi connectivity index (χ0n) is 14.6. The van der Waals surface area contributed by atoms with Gasteiger partial charge in [-0.05, 0) is 42.9 Å². The van der Waals surface area contributed by atoms with E-state index in [-0.39, 0.29) is 36.2 Å². The second-order valence-corrected chi connectivity index (χ2v) is 6.06. The third-order valence-corrected chi connectivity index (χ3v) is 3.94. The Kier molecular flexibility index (Phi) is 8.08. The number of H-pyrrole nitrogens is 1. The Morgan fingerprint density at radius 1 is 0.923 bits per heavy atom. The molecule has 0 aliphatic carbocycles. The SMILES string of the molecule is CN(C)CCn1cc(-c2ccc(-c3ccc(F)cc3)cc2)c(=O)[nH]1.Cl.Cl. The van der Waals surface area contributed by atoms with Crippen molar-refractivity contribution in [2.75, 3.05) is 20.6 Å². The number of benzene rings is 2. The minimum atomic E-state index is -0.249. The summed E-state index contributed by atoms with van der Waals surface area (Å²) >= 11 is 0. The highest BCUT2D eigenvalue weighted by Gasteiger charge is 2.08. The number of aromatic nitrogens is 2. The van der Waals surface area contributed by atoms with Gasteiger partial charge in [-0.3, -0.25) is 14.6 Å². The highest BCUT2D eigenvalue weighted by Crippen LogP contribution is 2.23. The van der Waals surface area contributed by atoms with Crippen LogP contribution in [-0.2, 0) is 6.54 Å². The Balaban J connectivity index is 0.00000169. The lowest BCUT2D eigenvalue weighted by molar-refractivity contribution is 0.372. The molecule has 26 heavy (non-hydrogen) atoms. The van der Waals surface area contributed by atoms with E-state index in [9.17, 15) is 9.18 Å². The highest BCUT2D eigenvalue weighted by atomic mass is 35.5. The molecule has 0 aliphatic heterocycles. The van der Waals surface area contributed by atoms with Crippen molar-refractivity contribution in [3.63, 3.8) is 0 Å². The summed E-state index contributed by atoms with van der Waals surface area (Å²) < 4.78 is 14.8. The van der Waals surface area contributed by atoms with Crippen LogP contribution < -0.4 is 5.56 Å². The van der Waals surface area contributed by atoms with Crippen LogP contribution in [0, 0.1) is 5.82 Å². The summed E-state index contributed by atoms with van der Waals surface area (Å²) in [6.07, 6.45) is 1.85. The fourth-order valence-corrected chi connectivity index (χ4v) is 2.56. The fourth-order valence-electron chi connectivity index (χ4n) is 2.56. The molecule has 0 saturated heterocycles. The lowest BCUT2D eigenvalue weighted by Crippen LogP contribution is -2.19. The Morgan fingerprint density at radius 2 is 1.42 bits per heavy atom. The molecule has 0 fully saturated rings. The lowest BCUT2D eigenvalue weighted by atomic mass is 10.0. The molecule has 3 rings (SSSR count). The standard InChI is InChI=1S/C19H20FN3O.2ClH/c1-22(2)11-12-23-13-18(19(24)21-23)16-5-3-14(4-6-16)15-7-9-17(20)10-8-15;;/h3-10,13H,11-12H2,1-2H3,(H,21,24);2*1H. The van der Waals surface area contributed by atoms with Crippen molar-refractivity contribution >= 4 is 24.8 Å². The molecule has 2 aromatic carbocycles. The average molecular weight is 398 g/mol. The number of nitrogens with zero attached hydrogens (tertiary/aromatic N) is 2. The maximum atomic E-state index is 13.0. The van der Waals surface area contributed by atoms with Crippen LogP contribution in [-0.4, -0.2) is 35.3 Å².